The maximum atomic E-state index is 10.3. The Labute approximate surface area is 145 Å². The Hall–Kier alpha value is -1.28. The van der Waals surface area contributed by atoms with E-state index in [2.05, 4.69) is 15.1 Å². The molecule has 0 radical (unpaired) electrons. The molecule has 0 amide bonds. The zero-order chi connectivity index (χ0) is 16.6. The summed E-state index contributed by atoms with van der Waals surface area (Å²) in [5, 5.41) is 20.6. The molecule has 1 aliphatic heterocycles. The summed E-state index contributed by atoms with van der Waals surface area (Å²) in [6.07, 6.45) is 2.70. The van der Waals surface area contributed by atoms with Gasteiger partial charge in [-0.15, -0.1) is 21.5 Å². The Kier molecular flexibility index (Phi) is 4.42. The Morgan fingerprint density at radius 1 is 1.42 bits per heavy atom. The van der Waals surface area contributed by atoms with Crippen LogP contribution in [0.15, 0.2) is 21.9 Å². The number of likely N-dealkylation sites (tertiary alicyclic amines) is 1. The van der Waals surface area contributed by atoms with Crippen molar-refractivity contribution in [2.24, 2.45) is 5.41 Å². The Bertz CT molecular complexity index is 662. The number of nitrogens with zero attached hydrogens (tertiary/aromatic N) is 3. The van der Waals surface area contributed by atoms with Crippen LogP contribution >= 0.6 is 11.3 Å². The van der Waals surface area contributed by atoms with Crippen molar-refractivity contribution in [2.45, 2.75) is 44.9 Å². The highest BCUT2D eigenvalue weighted by atomic mass is 32.1. The molecule has 2 aromatic rings. The molecule has 4 rings (SSSR count). The van der Waals surface area contributed by atoms with Gasteiger partial charge in [0.25, 0.3) is 5.89 Å². The number of piperidine rings is 1. The molecule has 1 saturated heterocycles. The van der Waals surface area contributed by atoms with E-state index in [4.69, 9.17) is 9.15 Å². The number of hydrogen-bond acceptors (Lipinski definition) is 7. The summed E-state index contributed by atoms with van der Waals surface area (Å²) in [5.41, 5.74) is -0.0382. The van der Waals surface area contributed by atoms with Crippen molar-refractivity contribution in [3.63, 3.8) is 0 Å². The number of aliphatic hydroxyl groups is 1. The van der Waals surface area contributed by atoms with Crippen molar-refractivity contribution in [2.75, 3.05) is 19.7 Å². The summed E-state index contributed by atoms with van der Waals surface area (Å²) >= 11 is 1.60. The maximum Gasteiger partial charge on any atom is 0.257 e. The highest BCUT2D eigenvalue weighted by Gasteiger charge is 2.55. The smallest absolute Gasteiger partial charge is 0.257 e. The van der Waals surface area contributed by atoms with E-state index in [1.54, 1.807) is 11.3 Å². The molecule has 2 fully saturated rings. The third kappa shape index (κ3) is 2.79. The highest BCUT2D eigenvalue weighted by Crippen LogP contribution is 2.51. The molecule has 1 saturated carbocycles. The Morgan fingerprint density at radius 3 is 2.92 bits per heavy atom. The largest absolute Gasteiger partial charge is 0.419 e. The molecule has 7 heteroatoms. The molecule has 2 aromatic heterocycles. The zero-order valence-corrected chi connectivity index (χ0v) is 14.7. The van der Waals surface area contributed by atoms with Gasteiger partial charge in [0.05, 0.1) is 23.6 Å². The predicted octanol–water partition coefficient (Wildman–Crippen LogP) is 2.55. The van der Waals surface area contributed by atoms with Crippen LogP contribution in [0.1, 0.15) is 32.1 Å². The number of rotatable bonds is 5. The quantitative estimate of drug-likeness (QED) is 0.894. The van der Waals surface area contributed by atoms with Gasteiger partial charge in [-0.1, -0.05) is 6.07 Å². The summed E-state index contributed by atoms with van der Waals surface area (Å²) in [7, 11) is 0. The van der Waals surface area contributed by atoms with E-state index in [0.717, 1.165) is 43.8 Å². The standard InChI is InChI=1S/C17H23N3O3S/c1-2-22-14-10-13(21)17(14)5-7-20(8-6-17)11-15-18-19-16(23-15)12-4-3-9-24-12/h3-4,9,13-14,21H,2,5-8,10-11H2,1H3/t13-,14+/m1/s1. The summed E-state index contributed by atoms with van der Waals surface area (Å²) in [6, 6.07) is 3.96. The topological polar surface area (TPSA) is 71.6 Å². The number of hydrogen-bond donors (Lipinski definition) is 1. The summed E-state index contributed by atoms with van der Waals surface area (Å²) in [5.74, 6) is 1.25. The number of ether oxygens (including phenoxy) is 1. The maximum absolute atomic E-state index is 10.3. The first-order valence-electron chi connectivity index (χ1n) is 8.59. The lowest BCUT2D eigenvalue weighted by molar-refractivity contribution is -0.210. The molecular weight excluding hydrogens is 326 g/mol. The van der Waals surface area contributed by atoms with Crippen molar-refractivity contribution in [3.05, 3.63) is 23.4 Å². The number of aromatic nitrogens is 2. The lowest BCUT2D eigenvalue weighted by atomic mass is 9.58. The zero-order valence-electron chi connectivity index (χ0n) is 13.9. The van der Waals surface area contributed by atoms with Crippen LogP contribution < -0.4 is 0 Å². The van der Waals surface area contributed by atoms with Crippen LogP contribution in [-0.2, 0) is 11.3 Å². The third-order valence-corrected chi connectivity index (χ3v) is 6.31. The normalized spacial score (nSPS) is 26.6. The second-order valence-corrected chi connectivity index (χ2v) is 7.63. The van der Waals surface area contributed by atoms with E-state index in [9.17, 15) is 5.11 Å². The minimum Gasteiger partial charge on any atom is -0.419 e. The van der Waals surface area contributed by atoms with Gasteiger partial charge in [0.2, 0.25) is 5.89 Å². The predicted molar refractivity (Wildman–Crippen MR) is 90.6 cm³/mol. The second kappa shape index (κ2) is 6.55. The summed E-state index contributed by atoms with van der Waals surface area (Å²) < 4.78 is 11.6. The molecule has 0 aromatic carbocycles. The number of thiophene rings is 1. The average molecular weight is 349 g/mol. The van der Waals surface area contributed by atoms with Crippen molar-refractivity contribution in [1.82, 2.24) is 15.1 Å². The van der Waals surface area contributed by atoms with Gasteiger partial charge < -0.3 is 14.3 Å². The van der Waals surface area contributed by atoms with Gasteiger partial charge >= 0.3 is 0 Å². The minimum atomic E-state index is -0.218. The monoisotopic (exact) mass is 349 g/mol. The van der Waals surface area contributed by atoms with Crippen molar-refractivity contribution < 1.29 is 14.3 Å². The first-order valence-corrected chi connectivity index (χ1v) is 9.47. The summed E-state index contributed by atoms with van der Waals surface area (Å²) in [6.45, 7) is 5.27. The average Bonchev–Trinajstić information content (AvgIpc) is 3.27. The van der Waals surface area contributed by atoms with Crippen LogP contribution in [0.5, 0.6) is 0 Å². The molecule has 1 aliphatic carbocycles. The van der Waals surface area contributed by atoms with E-state index in [1.807, 2.05) is 24.4 Å². The third-order valence-electron chi connectivity index (χ3n) is 5.45. The molecule has 2 aliphatic rings. The van der Waals surface area contributed by atoms with Crippen LogP contribution in [0, 0.1) is 5.41 Å². The van der Waals surface area contributed by atoms with Crippen molar-refractivity contribution >= 4 is 11.3 Å². The van der Waals surface area contributed by atoms with Crippen LogP contribution in [0.3, 0.4) is 0 Å². The molecule has 1 N–H and O–H groups in total. The van der Waals surface area contributed by atoms with Crippen molar-refractivity contribution in [3.8, 4) is 10.8 Å². The fraction of sp³-hybridized carbons (Fsp3) is 0.647. The molecule has 1 spiro atoms. The van der Waals surface area contributed by atoms with E-state index >= 15 is 0 Å². The van der Waals surface area contributed by atoms with E-state index in [1.165, 1.54) is 0 Å². The van der Waals surface area contributed by atoms with Crippen LogP contribution in [-0.4, -0.2) is 52.1 Å². The van der Waals surface area contributed by atoms with E-state index in [0.29, 0.717) is 18.3 Å². The molecular formula is C17H23N3O3S. The minimum absolute atomic E-state index is 0.0382. The van der Waals surface area contributed by atoms with E-state index in [-0.39, 0.29) is 17.6 Å². The van der Waals surface area contributed by atoms with E-state index < -0.39 is 0 Å². The molecule has 2 atom stereocenters. The lowest BCUT2D eigenvalue weighted by Gasteiger charge is -2.56. The molecule has 6 nitrogen and oxygen atoms in total. The van der Waals surface area contributed by atoms with Gasteiger partial charge in [0.15, 0.2) is 0 Å². The molecule has 3 heterocycles. The Morgan fingerprint density at radius 2 is 2.25 bits per heavy atom. The molecule has 130 valence electrons. The summed E-state index contributed by atoms with van der Waals surface area (Å²) in [4.78, 5) is 3.33. The fourth-order valence-corrected chi connectivity index (χ4v) is 4.60. The first kappa shape index (κ1) is 16.2. The lowest BCUT2D eigenvalue weighted by Crippen LogP contribution is -2.62. The van der Waals surface area contributed by atoms with Gasteiger partial charge in [-0.05, 0) is 44.3 Å². The SMILES string of the molecule is CCO[C@H]1C[C@@H](O)C12CCN(Cc1nnc(-c3cccs3)o1)CC2. The van der Waals surface area contributed by atoms with Gasteiger partial charge in [0, 0.05) is 18.4 Å². The molecule has 0 unspecified atom stereocenters. The van der Waals surface area contributed by atoms with Crippen LogP contribution in [0.2, 0.25) is 0 Å². The molecule has 24 heavy (non-hydrogen) atoms. The van der Waals surface area contributed by atoms with Gasteiger partial charge in [0.1, 0.15) is 0 Å². The van der Waals surface area contributed by atoms with Gasteiger partial charge in [-0.2, -0.15) is 0 Å². The van der Waals surface area contributed by atoms with Gasteiger partial charge in [-0.3, -0.25) is 4.90 Å². The highest BCUT2D eigenvalue weighted by molar-refractivity contribution is 7.13. The first-order chi connectivity index (χ1) is 11.7. The molecule has 0 bridgehead atoms. The van der Waals surface area contributed by atoms with Crippen LogP contribution in [0.4, 0.5) is 0 Å². The van der Waals surface area contributed by atoms with Crippen molar-refractivity contribution in [1.29, 1.82) is 0 Å². The Balaban J connectivity index is 1.35. The van der Waals surface area contributed by atoms with Gasteiger partial charge in [-0.25, -0.2) is 0 Å². The van der Waals surface area contributed by atoms with Crippen LogP contribution in [0.25, 0.3) is 10.8 Å². The fourth-order valence-electron chi connectivity index (χ4n) is 3.95. The number of aliphatic hydroxyl groups excluding tert-OH is 1. The second-order valence-electron chi connectivity index (χ2n) is 6.68.